The number of aromatic amines is 1. The number of aromatic hydroxyl groups is 1. The predicted molar refractivity (Wildman–Crippen MR) is 133 cm³/mol. The van der Waals surface area contributed by atoms with Crippen LogP contribution in [0.3, 0.4) is 0 Å². The first-order valence-electron chi connectivity index (χ1n) is 11.4. The number of phenolic OH excluding ortho intramolecular Hbond substituents is 1. The molecule has 184 valence electrons. The van der Waals surface area contributed by atoms with Gasteiger partial charge in [-0.05, 0) is 49.2 Å². The molecule has 0 aliphatic carbocycles. The second kappa shape index (κ2) is 10.8. The van der Waals surface area contributed by atoms with Crippen LogP contribution in [0.15, 0.2) is 49.1 Å². The summed E-state index contributed by atoms with van der Waals surface area (Å²) in [6.45, 7) is 7.38. The number of hydrogen-bond acceptors (Lipinski definition) is 6. The van der Waals surface area contributed by atoms with Crippen molar-refractivity contribution in [2.45, 2.75) is 19.4 Å². The molecule has 0 bridgehead atoms. The van der Waals surface area contributed by atoms with Gasteiger partial charge in [0.05, 0.1) is 12.6 Å². The Hall–Kier alpha value is -3.49. The standard InChI is InChI=1S/C26H28ClN3O5/c1-4-12-35-20-10-7-16(14-21(20)34-5-2)25-22-23(18-15-17(27)8-9-19(18)31)28-29-24(22)26(32)30(25)11-6-13-33-3/h4,7-10,14-15,25,31H,1,5-6,11-13H2,2-3H3,(H,28,29). The maximum absolute atomic E-state index is 13.4. The number of carbonyl (C=O) groups excluding carboxylic acids is 1. The number of amides is 1. The quantitative estimate of drug-likeness (QED) is 0.286. The number of rotatable bonds is 11. The zero-order valence-electron chi connectivity index (χ0n) is 19.7. The maximum Gasteiger partial charge on any atom is 0.273 e. The first kappa shape index (κ1) is 24.6. The molecule has 9 heteroatoms. The largest absolute Gasteiger partial charge is 0.507 e. The predicted octanol–water partition coefficient (Wildman–Crippen LogP) is 4.98. The van der Waals surface area contributed by atoms with Gasteiger partial charge in [-0.15, -0.1) is 0 Å². The van der Waals surface area contributed by atoms with E-state index < -0.39 is 6.04 Å². The number of H-pyrrole nitrogens is 1. The van der Waals surface area contributed by atoms with Crippen molar-refractivity contribution in [1.82, 2.24) is 15.1 Å². The van der Waals surface area contributed by atoms with Crippen LogP contribution in [0.2, 0.25) is 5.02 Å². The number of halogens is 1. The lowest BCUT2D eigenvalue weighted by Crippen LogP contribution is -2.31. The van der Waals surface area contributed by atoms with E-state index in [1.54, 1.807) is 30.2 Å². The van der Waals surface area contributed by atoms with Gasteiger partial charge in [-0.3, -0.25) is 9.89 Å². The molecule has 2 heterocycles. The molecule has 0 fully saturated rings. The van der Waals surface area contributed by atoms with Crippen molar-refractivity contribution in [3.63, 3.8) is 0 Å². The summed E-state index contributed by atoms with van der Waals surface area (Å²) in [5.41, 5.74) is 2.80. The van der Waals surface area contributed by atoms with E-state index in [4.69, 9.17) is 25.8 Å². The fourth-order valence-corrected chi connectivity index (χ4v) is 4.46. The molecule has 0 saturated heterocycles. The molecule has 2 N–H and O–H groups in total. The molecule has 1 amide bonds. The molecule has 4 rings (SSSR count). The topological polar surface area (TPSA) is 96.9 Å². The van der Waals surface area contributed by atoms with Crippen LogP contribution in [0.5, 0.6) is 17.2 Å². The van der Waals surface area contributed by atoms with Gasteiger partial charge >= 0.3 is 0 Å². The SMILES string of the molecule is C=CCOc1ccc(C2c3c(-c4cc(Cl)ccc4O)n[nH]c3C(=O)N2CCCOC)cc1OCC. The number of aromatic nitrogens is 2. The zero-order valence-corrected chi connectivity index (χ0v) is 20.5. The van der Waals surface area contributed by atoms with Gasteiger partial charge in [-0.1, -0.05) is 30.3 Å². The molecule has 1 aliphatic heterocycles. The molecule has 1 aromatic heterocycles. The lowest BCUT2D eigenvalue weighted by molar-refractivity contribution is 0.0723. The van der Waals surface area contributed by atoms with Crippen LogP contribution < -0.4 is 9.47 Å². The lowest BCUT2D eigenvalue weighted by Gasteiger charge is -2.27. The highest BCUT2D eigenvalue weighted by molar-refractivity contribution is 6.31. The van der Waals surface area contributed by atoms with Crippen molar-refractivity contribution in [3.05, 3.63) is 70.9 Å². The molecule has 3 aromatic rings. The second-order valence-corrected chi connectivity index (χ2v) is 8.45. The maximum atomic E-state index is 13.4. The Kier molecular flexibility index (Phi) is 7.63. The van der Waals surface area contributed by atoms with E-state index in [1.807, 2.05) is 25.1 Å². The number of nitrogens with zero attached hydrogens (tertiary/aromatic N) is 2. The second-order valence-electron chi connectivity index (χ2n) is 8.01. The Balaban J connectivity index is 1.85. The summed E-state index contributed by atoms with van der Waals surface area (Å²) in [4.78, 5) is 15.2. The highest BCUT2D eigenvalue weighted by atomic mass is 35.5. The van der Waals surface area contributed by atoms with E-state index in [9.17, 15) is 9.90 Å². The van der Waals surface area contributed by atoms with Crippen LogP contribution in [0, 0.1) is 0 Å². The molecule has 1 aliphatic rings. The van der Waals surface area contributed by atoms with E-state index in [-0.39, 0.29) is 11.7 Å². The van der Waals surface area contributed by atoms with Gasteiger partial charge in [0.1, 0.15) is 23.7 Å². The fraction of sp³-hybridized carbons (Fsp3) is 0.308. The van der Waals surface area contributed by atoms with E-state index in [0.717, 1.165) is 5.56 Å². The molecule has 8 nitrogen and oxygen atoms in total. The van der Waals surface area contributed by atoms with Crippen LogP contribution in [0.1, 0.15) is 41.0 Å². The van der Waals surface area contributed by atoms with Crippen molar-refractivity contribution in [1.29, 1.82) is 0 Å². The van der Waals surface area contributed by atoms with Crippen LogP contribution >= 0.6 is 11.6 Å². The minimum atomic E-state index is -0.464. The Morgan fingerprint density at radius 2 is 2.06 bits per heavy atom. The summed E-state index contributed by atoms with van der Waals surface area (Å²) >= 11 is 6.22. The molecular formula is C26H28ClN3O5. The van der Waals surface area contributed by atoms with E-state index in [0.29, 0.717) is 71.8 Å². The summed E-state index contributed by atoms with van der Waals surface area (Å²) in [6, 6.07) is 9.91. The zero-order chi connectivity index (χ0) is 24.9. The van der Waals surface area contributed by atoms with Crippen LogP contribution in [0.25, 0.3) is 11.3 Å². The third-order valence-corrected chi connectivity index (χ3v) is 6.00. The van der Waals surface area contributed by atoms with Crippen molar-refractivity contribution in [2.75, 3.05) is 33.5 Å². The van der Waals surface area contributed by atoms with Gasteiger partial charge in [0.2, 0.25) is 0 Å². The molecular weight excluding hydrogens is 470 g/mol. The third kappa shape index (κ3) is 4.85. The molecule has 1 atom stereocenters. The number of benzene rings is 2. The Morgan fingerprint density at radius 1 is 1.23 bits per heavy atom. The Morgan fingerprint density at radius 3 is 2.80 bits per heavy atom. The van der Waals surface area contributed by atoms with E-state index in [1.165, 1.54) is 6.07 Å². The van der Waals surface area contributed by atoms with Gasteiger partial charge in [0.15, 0.2) is 11.5 Å². The van der Waals surface area contributed by atoms with Crippen molar-refractivity contribution in [2.24, 2.45) is 0 Å². The minimum absolute atomic E-state index is 0.0240. The number of hydrogen-bond donors (Lipinski definition) is 2. The third-order valence-electron chi connectivity index (χ3n) is 5.77. The van der Waals surface area contributed by atoms with Gasteiger partial charge < -0.3 is 24.2 Å². The first-order chi connectivity index (χ1) is 17.0. The number of phenols is 1. The van der Waals surface area contributed by atoms with Crippen molar-refractivity contribution >= 4 is 17.5 Å². The van der Waals surface area contributed by atoms with Crippen LogP contribution in [-0.2, 0) is 4.74 Å². The molecule has 0 saturated carbocycles. The van der Waals surface area contributed by atoms with Gasteiger partial charge in [0, 0.05) is 36.4 Å². The normalized spacial score (nSPS) is 14.8. The van der Waals surface area contributed by atoms with E-state index in [2.05, 4.69) is 16.8 Å². The average molecular weight is 498 g/mol. The molecule has 35 heavy (non-hydrogen) atoms. The monoisotopic (exact) mass is 497 g/mol. The molecule has 1 unspecified atom stereocenters. The van der Waals surface area contributed by atoms with Crippen LogP contribution in [0.4, 0.5) is 0 Å². The summed E-state index contributed by atoms with van der Waals surface area (Å²) in [7, 11) is 1.63. The van der Waals surface area contributed by atoms with Gasteiger partial charge in [-0.2, -0.15) is 5.10 Å². The number of methoxy groups -OCH3 is 1. The molecule has 0 radical (unpaired) electrons. The highest BCUT2D eigenvalue weighted by Crippen LogP contribution is 2.46. The van der Waals surface area contributed by atoms with Gasteiger partial charge in [-0.25, -0.2) is 0 Å². The number of ether oxygens (including phenoxy) is 3. The Bertz CT molecular complexity index is 1230. The Labute approximate surface area is 209 Å². The van der Waals surface area contributed by atoms with Crippen LogP contribution in [-0.4, -0.2) is 59.6 Å². The van der Waals surface area contributed by atoms with Crippen molar-refractivity contribution in [3.8, 4) is 28.5 Å². The lowest BCUT2D eigenvalue weighted by atomic mass is 9.95. The smallest absolute Gasteiger partial charge is 0.273 e. The number of nitrogens with one attached hydrogen (secondary N) is 1. The summed E-state index contributed by atoms with van der Waals surface area (Å²) in [5, 5.41) is 18.3. The summed E-state index contributed by atoms with van der Waals surface area (Å²) in [5.74, 6) is 1.01. The van der Waals surface area contributed by atoms with E-state index >= 15 is 0 Å². The molecule has 0 spiro atoms. The number of fused-ring (bicyclic) bond motifs is 1. The fourth-order valence-electron chi connectivity index (χ4n) is 4.29. The number of carbonyl (C=O) groups is 1. The molecule has 2 aromatic carbocycles. The first-order valence-corrected chi connectivity index (χ1v) is 11.7. The van der Waals surface area contributed by atoms with Crippen molar-refractivity contribution < 1.29 is 24.1 Å². The summed E-state index contributed by atoms with van der Waals surface area (Å²) < 4.78 is 16.8. The minimum Gasteiger partial charge on any atom is -0.507 e. The summed E-state index contributed by atoms with van der Waals surface area (Å²) in [6.07, 6.45) is 2.32. The highest BCUT2D eigenvalue weighted by Gasteiger charge is 2.42. The average Bonchev–Trinajstić information content (AvgIpc) is 3.39. The van der Waals surface area contributed by atoms with Gasteiger partial charge in [0.25, 0.3) is 5.91 Å².